The molecule has 0 aliphatic rings. The first-order valence-electron chi connectivity index (χ1n) is 4.54. The van der Waals surface area contributed by atoms with Crippen LogP contribution >= 0.6 is 12.2 Å². The summed E-state index contributed by atoms with van der Waals surface area (Å²) in [4.78, 5) is 10.9. The molecule has 0 fully saturated rings. The monoisotopic (exact) mass is 240 g/mol. The minimum atomic E-state index is -1.25. The number of aliphatic carboxylic acids is 1. The normalized spacial score (nSPS) is 13.8. The standard InChI is InChI=1S/C10H12N2O3S/c11-10(16)12-7(9(14)15)8(13)6-4-2-1-3-5-6/h1-5,7-8,13H,(H,14,15)(H3,11,12,16)/t7-,8+/m0/s1. The van der Waals surface area contributed by atoms with Gasteiger partial charge < -0.3 is 21.3 Å². The summed E-state index contributed by atoms with van der Waals surface area (Å²) in [6, 6.07) is 7.19. The largest absolute Gasteiger partial charge is 0.480 e. The summed E-state index contributed by atoms with van der Waals surface area (Å²) in [6.07, 6.45) is -1.21. The van der Waals surface area contributed by atoms with Crippen molar-refractivity contribution in [3.05, 3.63) is 35.9 Å². The van der Waals surface area contributed by atoms with Crippen LogP contribution in [0.5, 0.6) is 0 Å². The maximum absolute atomic E-state index is 10.9. The summed E-state index contributed by atoms with van der Waals surface area (Å²) in [5.74, 6) is -1.22. The minimum Gasteiger partial charge on any atom is -0.480 e. The van der Waals surface area contributed by atoms with E-state index >= 15 is 0 Å². The van der Waals surface area contributed by atoms with Crippen LogP contribution in [0.2, 0.25) is 0 Å². The van der Waals surface area contributed by atoms with E-state index in [1.54, 1.807) is 30.3 Å². The Morgan fingerprint density at radius 2 is 1.94 bits per heavy atom. The molecular weight excluding hydrogens is 228 g/mol. The van der Waals surface area contributed by atoms with Crippen molar-refractivity contribution in [1.82, 2.24) is 5.32 Å². The van der Waals surface area contributed by atoms with E-state index in [9.17, 15) is 9.90 Å². The molecule has 1 aromatic carbocycles. The van der Waals surface area contributed by atoms with E-state index in [4.69, 9.17) is 10.8 Å². The predicted molar refractivity (Wildman–Crippen MR) is 62.7 cm³/mol. The second kappa shape index (κ2) is 5.43. The van der Waals surface area contributed by atoms with Gasteiger partial charge in [0.25, 0.3) is 0 Å². The maximum Gasteiger partial charge on any atom is 0.329 e. The second-order valence-electron chi connectivity index (χ2n) is 3.18. The van der Waals surface area contributed by atoms with Gasteiger partial charge in [-0.3, -0.25) is 0 Å². The third-order valence-corrected chi connectivity index (χ3v) is 2.14. The SMILES string of the molecule is NC(=S)N[C@H](C(=O)O)[C@H](O)c1ccccc1. The Balaban J connectivity index is 2.87. The number of aliphatic hydroxyl groups is 1. The van der Waals surface area contributed by atoms with Crippen molar-refractivity contribution < 1.29 is 15.0 Å². The molecule has 0 aliphatic carbocycles. The third-order valence-electron chi connectivity index (χ3n) is 2.02. The first-order valence-corrected chi connectivity index (χ1v) is 4.95. The van der Waals surface area contributed by atoms with Gasteiger partial charge >= 0.3 is 5.97 Å². The van der Waals surface area contributed by atoms with Crippen molar-refractivity contribution in [1.29, 1.82) is 0 Å². The Bertz CT molecular complexity index is 383. The van der Waals surface area contributed by atoms with E-state index in [0.717, 1.165) is 0 Å². The van der Waals surface area contributed by atoms with E-state index in [1.807, 2.05) is 0 Å². The molecule has 6 heteroatoms. The smallest absolute Gasteiger partial charge is 0.329 e. The highest BCUT2D eigenvalue weighted by Crippen LogP contribution is 2.16. The van der Waals surface area contributed by atoms with Crippen molar-refractivity contribution in [3.8, 4) is 0 Å². The lowest BCUT2D eigenvalue weighted by Gasteiger charge is -2.20. The summed E-state index contributed by atoms with van der Waals surface area (Å²) < 4.78 is 0. The number of thiocarbonyl (C=S) groups is 1. The molecule has 0 saturated carbocycles. The number of carboxylic acid groups (broad SMARTS) is 1. The van der Waals surface area contributed by atoms with Crippen LogP contribution in [-0.4, -0.2) is 27.3 Å². The minimum absolute atomic E-state index is 0.164. The molecule has 0 unspecified atom stereocenters. The lowest BCUT2D eigenvalue weighted by Crippen LogP contribution is -2.47. The van der Waals surface area contributed by atoms with Crippen LogP contribution in [0.15, 0.2) is 30.3 Å². The summed E-state index contributed by atoms with van der Waals surface area (Å²) in [5, 5.41) is 20.9. The number of hydrogen-bond donors (Lipinski definition) is 4. The Labute approximate surface area is 97.9 Å². The first-order chi connectivity index (χ1) is 7.52. The molecule has 0 saturated heterocycles. The zero-order chi connectivity index (χ0) is 12.1. The molecule has 0 bridgehead atoms. The molecule has 16 heavy (non-hydrogen) atoms. The number of carboxylic acids is 1. The topological polar surface area (TPSA) is 95.6 Å². The predicted octanol–water partition coefficient (Wildman–Crippen LogP) is 0.00640. The number of aliphatic hydroxyl groups excluding tert-OH is 1. The number of nitrogens with two attached hydrogens (primary N) is 1. The highest BCUT2D eigenvalue weighted by Gasteiger charge is 2.27. The van der Waals surface area contributed by atoms with Gasteiger partial charge in [-0.05, 0) is 17.8 Å². The van der Waals surface area contributed by atoms with E-state index in [1.165, 1.54) is 0 Å². The van der Waals surface area contributed by atoms with Gasteiger partial charge in [0.15, 0.2) is 11.2 Å². The van der Waals surface area contributed by atoms with Gasteiger partial charge in [0.2, 0.25) is 0 Å². The fraction of sp³-hybridized carbons (Fsp3) is 0.200. The summed E-state index contributed by atoms with van der Waals surface area (Å²) in [5.41, 5.74) is 5.68. The van der Waals surface area contributed by atoms with E-state index in [-0.39, 0.29) is 5.11 Å². The average Bonchev–Trinajstić information content (AvgIpc) is 2.25. The number of benzene rings is 1. The molecule has 0 aliphatic heterocycles. The molecule has 5 nitrogen and oxygen atoms in total. The van der Waals surface area contributed by atoms with Crippen molar-refractivity contribution in [2.24, 2.45) is 5.73 Å². The third kappa shape index (κ3) is 3.18. The first kappa shape index (κ1) is 12.4. The number of nitrogens with one attached hydrogen (secondary N) is 1. The average molecular weight is 240 g/mol. The highest BCUT2D eigenvalue weighted by molar-refractivity contribution is 7.80. The van der Waals surface area contributed by atoms with Crippen LogP contribution < -0.4 is 11.1 Å². The van der Waals surface area contributed by atoms with Gasteiger partial charge in [0, 0.05) is 0 Å². The number of carbonyl (C=O) groups is 1. The van der Waals surface area contributed by atoms with Gasteiger partial charge in [0.1, 0.15) is 6.10 Å². The van der Waals surface area contributed by atoms with Crippen LogP contribution in [0.25, 0.3) is 0 Å². The fourth-order valence-corrected chi connectivity index (χ4v) is 1.40. The molecule has 0 amide bonds. The van der Waals surface area contributed by atoms with E-state index < -0.39 is 18.1 Å². The van der Waals surface area contributed by atoms with Gasteiger partial charge in [-0.2, -0.15) is 0 Å². The lowest BCUT2D eigenvalue weighted by molar-refractivity contribution is -0.142. The van der Waals surface area contributed by atoms with E-state index in [2.05, 4.69) is 17.5 Å². The van der Waals surface area contributed by atoms with Gasteiger partial charge in [-0.1, -0.05) is 30.3 Å². The summed E-state index contributed by atoms with van der Waals surface area (Å²) in [6.45, 7) is 0. The fourth-order valence-electron chi connectivity index (χ4n) is 1.27. The highest BCUT2D eigenvalue weighted by atomic mass is 32.1. The Kier molecular flexibility index (Phi) is 4.21. The van der Waals surface area contributed by atoms with Crippen molar-refractivity contribution in [2.75, 3.05) is 0 Å². The van der Waals surface area contributed by atoms with Crippen LogP contribution in [0.3, 0.4) is 0 Å². The molecule has 5 N–H and O–H groups in total. The lowest BCUT2D eigenvalue weighted by atomic mass is 10.0. The number of rotatable bonds is 4. The Morgan fingerprint density at radius 3 is 2.38 bits per heavy atom. The van der Waals surface area contributed by atoms with Gasteiger partial charge in [-0.15, -0.1) is 0 Å². The summed E-state index contributed by atoms with van der Waals surface area (Å²) in [7, 11) is 0. The maximum atomic E-state index is 10.9. The van der Waals surface area contributed by atoms with Crippen molar-refractivity contribution >= 4 is 23.3 Å². The molecular formula is C10H12N2O3S. The van der Waals surface area contributed by atoms with Crippen LogP contribution in [0.4, 0.5) is 0 Å². The van der Waals surface area contributed by atoms with Crippen molar-refractivity contribution in [3.63, 3.8) is 0 Å². The van der Waals surface area contributed by atoms with Crippen LogP contribution in [0.1, 0.15) is 11.7 Å². The van der Waals surface area contributed by atoms with E-state index in [0.29, 0.717) is 5.56 Å². The Morgan fingerprint density at radius 1 is 1.38 bits per heavy atom. The van der Waals surface area contributed by atoms with Crippen LogP contribution in [-0.2, 0) is 4.79 Å². The zero-order valence-electron chi connectivity index (χ0n) is 8.33. The van der Waals surface area contributed by atoms with Crippen LogP contribution in [0, 0.1) is 0 Å². The summed E-state index contributed by atoms with van der Waals surface area (Å²) >= 11 is 4.55. The second-order valence-corrected chi connectivity index (χ2v) is 3.62. The van der Waals surface area contributed by atoms with Gasteiger partial charge in [-0.25, -0.2) is 4.79 Å². The molecule has 0 heterocycles. The molecule has 2 atom stereocenters. The Hall–Kier alpha value is -1.66. The molecule has 1 aromatic rings. The van der Waals surface area contributed by atoms with Gasteiger partial charge in [0.05, 0.1) is 0 Å². The molecule has 0 aromatic heterocycles. The van der Waals surface area contributed by atoms with Crippen molar-refractivity contribution in [2.45, 2.75) is 12.1 Å². The molecule has 0 spiro atoms. The number of hydrogen-bond acceptors (Lipinski definition) is 3. The zero-order valence-corrected chi connectivity index (χ0v) is 9.15. The molecule has 1 rings (SSSR count). The molecule has 0 radical (unpaired) electrons. The quantitative estimate of drug-likeness (QED) is 0.554. The molecule has 86 valence electrons.